The third kappa shape index (κ3) is 4.35. The van der Waals surface area contributed by atoms with Crippen LogP contribution in [0.3, 0.4) is 0 Å². The molecule has 170 valence electrons. The monoisotopic (exact) mass is 491 g/mol. The van der Waals surface area contributed by atoms with Crippen LogP contribution in [-0.2, 0) is 26.8 Å². The summed E-state index contributed by atoms with van der Waals surface area (Å²) >= 11 is 2.93. The van der Waals surface area contributed by atoms with Gasteiger partial charge in [0.05, 0.1) is 21.3 Å². The van der Waals surface area contributed by atoms with Crippen LogP contribution in [0.25, 0.3) is 10.2 Å². The molecule has 3 aromatic rings. The summed E-state index contributed by atoms with van der Waals surface area (Å²) in [5.74, 6) is 0.946. The summed E-state index contributed by atoms with van der Waals surface area (Å²) in [5, 5.41) is 0.298. The molecule has 4 rings (SSSR count). The highest BCUT2D eigenvalue weighted by molar-refractivity contribution is 7.99. The van der Waals surface area contributed by atoms with E-state index in [1.165, 1.54) is 29.4 Å². The molecule has 0 saturated carbocycles. The smallest absolute Gasteiger partial charge is 0.259 e. The number of sulfone groups is 1. The van der Waals surface area contributed by atoms with E-state index in [1.54, 1.807) is 23.1 Å². The van der Waals surface area contributed by atoms with E-state index >= 15 is 0 Å². The Morgan fingerprint density at radius 1 is 1.34 bits per heavy atom. The Kier molecular flexibility index (Phi) is 6.21. The first-order valence-electron chi connectivity index (χ1n) is 10.3. The maximum atomic E-state index is 13.2. The van der Waals surface area contributed by atoms with Crippen molar-refractivity contribution in [2.75, 3.05) is 17.7 Å². The van der Waals surface area contributed by atoms with E-state index in [-0.39, 0.29) is 21.6 Å². The molecule has 0 saturated heterocycles. The second-order valence-electron chi connectivity index (χ2n) is 8.09. The molecule has 1 aliphatic heterocycles. The second-order valence-corrected chi connectivity index (χ2v) is 12.6. The lowest BCUT2D eigenvalue weighted by molar-refractivity contribution is -0.117. The number of anilines is 1. The summed E-state index contributed by atoms with van der Waals surface area (Å²) in [4.78, 5) is 36.9. The quantitative estimate of drug-likeness (QED) is 0.585. The normalized spacial score (nSPS) is 15.1. The summed E-state index contributed by atoms with van der Waals surface area (Å²) in [6.07, 6.45) is 2.72. The van der Waals surface area contributed by atoms with Gasteiger partial charge in [-0.1, -0.05) is 0 Å². The lowest BCUT2D eigenvalue weighted by atomic mass is 10.0. The highest BCUT2D eigenvalue weighted by Crippen LogP contribution is 2.32. The Morgan fingerprint density at radius 2 is 2.09 bits per heavy atom. The molecule has 0 bridgehead atoms. The fraction of sp³-hybridized carbons (Fsp3) is 0.409. The highest BCUT2D eigenvalue weighted by atomic mass is 32.2. The van der Waals surface area contributed by atoms with E-state index in [2.05, 4.69) is 9.97 Å². The number of hydrogen-bond donors (Lipinski definition) is 1. The number of thiophene rings is 1. The number of H-pyrrole nitrogens is 1. The van der Waals surface area contributed by atoms with Crippen molar-refractivity contribution in [1.82, 2.24) is 9.97 Å². The Balaban J connectivity index is 1.51. The number of aryl methyl sites for hydroxylation is 3. The van der Waals surface area contributed by atoms with E-state index < -0.39 is 9.84 Å². The molecular weight excluding hydrogens is 466 g/mol. The summed E-state index contributed by atoms with van der Waals surface area (Å²) < 4.78 is 23.7. The maximum Gasteiger partial charge on any atom is 0.259 e. The number of carbonyl (C=O) groups is 1. The molecule has 0 aliphatic carbocycles. The second kappa shape index (κ2) is 8.64. The highest BCUT2D eigenvalue weighted by Gasteiger charge is 2.27. The fourth-order valence-corrected chi connectivity index (χ4v) is 6.43. The molecule has 1 N–H and O–H groups in total. The van der Waals surface area contributed by atoms with Gasteiger partial charge in [-0.15, -0.1) is 23.1 Å². The van der Waals surface area contributed by atoms with Crippen LogP contribution in [0.2, 0.25) is 0 Å². The number of benzene rings is 1. The van der Waals surface area contributed by atoms with Crippen molar-refractivity contribution >= 4 is 54.7 Å². The molecule has 10 heteroatoms. The molecule has 1 amide bonds. The summed E-state index contributed by atoms with van der Waals surface area (Å²) in [7, 11) is -3.29. The third-order valence-corrected chi connectivity index (χ3v) is 9.12. The minimum absolute atomic E-state index is 0.0331. The van der Waals surface area contributed by atoms with Crippen LogP contribution in [0, 0.1) is 13.8 Å². The Hall–Kier alpha value is -2.17. The average molecular weight is 492 g/mol. The average Bonchev–Trinajstić information content (AvgIpc) is 3.03. The predicted octanol–water partition coefficient (Wildman–Crippen LogP) is 3.61. The van der Waals surface area contributed by atoms with E-state index in [1.807, 2.05) is 20.8 Å². The number of nitrogens with one attached hydrogen (secondary N) is 1. The fourth-order valence-electron chi connectivity index (χ4n) is 3.90. The van der Waals surface area contributed by atoms with Gasteiger partial charge < -0.3 is 9.88 Å². The van der Waals surface area contributed by atoms with Gasteiger partial charge in [-0.05, 0) is 62.9 Å². The first-order valence-corrected chi connectivity index (χ1v) is 14.1. The van der Waals surface area contributed by atoms with Crippen LogP contribution in [0.1, 0.15) is 35.2 Å². The van der Waals surface area contributed by atoms with Crippen LogP contribution >= 0.6 is 23.1 Å². The molecule has 1 aliphatic rings. The van der Waals surface area contributed by atoms with Crippen molar-refractivity contribution in [1.29, 1.82) is 0 Å². The van der Waals surface area contributed by atoms with Crippen LogP contribution in [0.4, 0.5) is 5.69 Å². The van der Waals surface area contributed by atoms with Gasteiger partial charge in [0.1, 0.15) is 10.7 Å². The zero-order valence-corrected chi connectivity index (χ0v) is 20.8. The zero-order valence-electron chi connectivity index (χ0n) is 18.4. The topological polar surface area (TPSA) is 100 Å². The Labute approximate surface area is 195 Å². The van der Waals surface area contributed by atoms with E-state index in [9.17, 15) is 18.0 Å². The number of aromatic amines is 1. The van der Waals surface area contributed by atoms with Gasteiger partial charge in [-0.3, -0.25) is 9.59 Å². The van der Waals surface area contributed by atoms with E-state index in [0.29, 0.717) is 23.5 Å². The first kappa shape index (κ1) is 23.0. The van der Waals surface area contributed by atoms with Gasteiger partial charge in [-0.25, -0.2) is 13.4 Å². The zero-order chi connectivity index (χ0) is 23.2. The number of thioether (sulfide) groups is 1. The maximum absolute atomic E-state index is 13.2. The number of aromatic nitrogens is 2. The van der Waals surface area contributed by atoms with Crippen molar-refractivity contribution in [3.05, 3.63) is 50.4 Å². The molecule has 1 unspecified atom stereocenters. The number of hydrogen-bond acceptors (Lipinski definition) is 7. The van der Waals surface area contributed by atoms with Crippen molar-refractivity contribution in [3.63, 3.8) is 0 Å². The van der Waals surface area contributed by atoms with Gasteiger partial charge in [-0.2, -0.15) is 0 Å². The Morgan fingerprint density at radius 3 is 2.81 bits per heavy atom. The molecule has 2 aromatic heterocycles. The van der Waals surface area contributed by atoms with E-state index in [4.69, 9.17) is 0 Å². The summed E-state index contributed by atoms with van der Waals surface area (Å²) in [6.45, 7) is 6.35. The van der Waals surface area contributed by atoms with Crippen LogP contribution in [0.15, 0.2) is 27.9 Å². The number of carbonyl (C=O) groups excluding carboxylic acids is 1. The molecule has 0 spiro atoms. The van der Waals surface area contributed by atoms with Crippen molar-refractivity contribution in [2.45, 2.75) is 49.5 Å². The largest absolute Gasteiger partial charge is 0.311 e. The minimum atomic E-state index is -3.29. The number of amides is 1. The van der Waals surface area contributed by atoms with Gasteiger partial charge >= 0.3 is 0 Å². The minimum Gasteiger partial charge on any atom is -0.311 e. The first-order chi connectivity index (χ1) is 15.1. The van der Waals surface area contributed by atoms with Gasteiger partial charge in [0.25, 0.3) is 5.56 Å². The van der Waals surface area contributed by atoms with Crippen molar-refractivity contribution in [2.24, 2.45) is 0 Å². The molecule has 32 heavy (non-hydrogen) atoms. The van der Waals surface area contributed by atoms with Crippen molar-refractivity contribution < 1.29 is 13.2 Å². The van der Waals surface area contributed by atoms with Gasteiger partial charge in [0, 0.05) is 23.4 Å². The molecular formula is C22H25N3O4S3. The molecule has 1 aromatic carbocycles. The number of fused-ring (bicyclic) bond motifs is 2. The lowest BCUT2D eigenvalue weighted by Gasteiger charge is -2.31. The number of nitrogens with zero attached hydrogens (tertiary/aromatic N) is 2. The summed E-state index contributed by atoms with van der Waals surface area (Å²) in [6, 6.07) is 4.97. The van der Waals surface area contributed by atoms with Crippen molar-refractivity contribution in [3.8, 4) is 0 Å². The third-order valence-electron chi connectivity index (χ3n) is 5.77. The molecule has 0 fully saturated rings. The van der Waals surface area contributed by atoms with Crippen LogP contribution in [0.5, 0.6) is 0 Å². The lowest BCUT2D eigenvalue weighted by Crippen LogP contribution is -2.40. The number of rotatable bonds is 5. The SMILES string of the molecule is Cc1sc2nc(CSC(C)C(=O)N3CCCc4cc(S(C)(=O)=O)ccc43)[nH]c(=O)c2c1C. The molecule has 3 heterocycles. The van der Waals surface area contributed by atoms with E-state index in [0.717, 1.165) is 39.4 Å². The Bertz CT molecular complexity index is 1380. The molecule has 0 radical (unpaired) electrons. The van der Waals surface area contributed by atoms with Crippen LogP contribution in [-0.4, -0.2) is 42.3 Å². The summed E-state index contributed by atoms with van der Waals surface area (Å²) in [5.41, 5.74) is 2.48. The standard InChI is InChI=1S/C22H25N3O4S3/c1-12-13(2)31-21-19(12)20(26)23-18(24-21)11-30-14(3)22(27)25-9-5-6-15-10-16(32(4,28)29)7-8-17(15)25/h7-8,10,14H,5-6,9,11H2,1-4H3,(H,23,24,26). The molecule has 1 atom stereocenters. The van der Waals surface area contributed by atoms with Gasteiger partial charge in [0.2, 0.25) is 5.91 Å². The predicted molar refractivity (Wildman–Crippen MR) is 131 cm³/mol. The van der Waals surface area contributed by atoms with Crippen LogP contribution < -0.4 is 10.5 Å². The molecule has 7 nitrogen and oxygen atoms in total. The van der Waals surface area contributed by atoms with Gasteiger partial charge in [0.15, 0.2) is 9.84 Å².